The molecule has 4 rings (SSSR count). The van der Waals surface area contributed by atoms with Crippen LogP contribution in [0.25, 0.3) is 0 Å². The molecule has 0 spiro atoms. The van der Waals surface area contributed by atoms with Gasteiger partial charge in [-0.05, 0) is 55.3 Å². The Labute approximate surface area is 168 Å². The Morgan fingerprint density at radius 2 is 1.86 bits per heavy atom. The summed E-state index contributed by atoms with van der Waals surface area (Å²) in [4.78, 5) is 16.1. The number of rotatable bonds is 3. The molecule has 0 N–H and O–H groups in total. The summed E-state index contributed by atoms with van der Waals surface area (Å²) in [5, 5.41) is 2.07. The third-order valence-electron chi connectivity index (χ3n) is 5.82. The van der Waals surface area contributed by atoms with E-state index in [2.05, 4.69) is 18.4 Å². The van der Waals surface area contributed by atoms with Crippen molar-refractivity contribution in [3.63, 3.8) is 0 Å². The molecule has 2 aliphatic rings. The van der Waals surface area contributed by atoms with Gasteiger partial charge in [-0.1, -0.05) is 12.1 Å². The average Bonchev–Trinajstić information content (AvgIpc) is 3.18. The number of sulfonamides is 1. The fourth-order valence-corrected chi connectivity index (χ4v) is 6.68. The lowest BCUT2D eigenvalue weighted by molar-refractivity contribution is -0.139. The van der Waals surface area contributed by atoms with Gasteiger partial charge in [0.15, 0.2) is 0 Å². The lowest BCUT2D eigenvalue weighted by Crippen LogP contribution is -2.46. The molecule has 150 valence electrons. The number of hydrogen-bond donors (Lipinski definition) is 0. The quantitative estimate of drug-likeness (QED) is 0.761. The predicted octanol–water partition coefficient (Wildman–Crippen LogP) is 3.43. The van der Waals surface area contributed by atoms with E-state index < -0.39 is 15.8 Å². The Balaban J connectivity index is 1.43. The van der Waals surface area contributed by atoms with Gasteiger partial charge in [0.1, 0.15) is 10.7 Å². The van der Waals surface area contributed by atoms with Gasteiger partial charge >= 0.3 is 0 Å². The van der Waals surface area contributed by atoms with E-state index in [0.717, 1.165) is 12.5 Å². The fraction of sp³-hybridized carbons (Fsp3) is 0.450. The topological polar surface area (TPSA) is 57.7 Å². The number of benzene rings is 1. The molecule has 1 unspecified atom stereocenters. The Morgan fingerprint density at radius 3 is 2.57 bits per heavy atom. The SMILES string of the molecule is CC1c2ccsc2CCN1C(=O)C1CCN(S(=O)(=O)c2ccccc2F)CC1. The Kier molecular flexibility index (Phi) is 5.28. The third kappa shape index (κ3) is 3.38. The zero-order valence-corrected chi connectivity index (χ0v) is 17.3. The Bertz CT molecular complexity index is 981. The molecule has 1 fully saturated rings. The van der Waals surface area contributed by atoms with Gasteiger partial charge in [-0.3, -0.25) is 4.79 Å². The van der Waals surface area contributed by atoms with Crippen LogP contribution >= 0.6 is 11.3 Å². The van der Waals surface area contributed by atoms with Crippen molar-refractivity contribution in [2.75, 3.05) is 19.6 Å². The molecule has 1 amide bonds. The minimum Gasteiger partial charge on any atom is -0.335 e. The summed E-state index contributed by atoms with van der Waals surface area (Å²) >= 11 is 1.74. The summed E-state index contributed by atoms with van der Waals surface area (Å²) < 4.78 is 40.7. The van der Waals surface area contributed by atoms with Crippen molar-refractivity contribution in [1.29, 1.82) is 0 Å². The van der Waals surface area contributed by atoms with Crippen LogP contribution < -0.4 is 0 Å². The summed E-state index contributed by atoms with van der Waals surface area (Å²) in [5.41, 5.74) is 1.23. The van der Waals surface area contributed by atoms with Crippen LogP contribution in [-0.2, 0) is 21.2 Å². The molecule has 0 bridgehead atoms. The van der Waals surface area contributed by atoms with E-state index in [0.29, 0.717) is 19.4 Å². The molecule has 1 aromatic carbocycles. The second-order valence-corrected chi connectivity index (χ2v) is 10.3. The number of carbonyl (C=O) groups excluding carboxylic acids is 1. The third-order valence-corrected chi connectivity index (χ3v) is 8.75. The molecule has 0 saturated carbocycles. The lowest BCUT2D eigenvalue weighted by atomic mass is 9.93. The van der Waals surface area contributed by atoms with Crippen LogP contribution in [0, 0.1) is 11.7 Å². The zero-order valence-electron chi connectivity index (χ0n) is 15.7. The van der Waals surface area contributed by atoms with Crippen molar-refractivity contribution in [1.82, 2.24) is 9.21 Å². The molecule has 1 aromatic heterocycles. The molecular weight excluding hydrogens is 399 g/mol. The van der Waals surface area contributed by atoms with Gasteiger partial charge in [0, 0.05) is 30.4 Å². The van der Waals surface area contributed by atoms with E-state index in [4.69, 9.17) is 0 Å². The van der Waals surface area contributed by atoms with Crippen LogP contribution in [0.2, 0.25) is 0 Å². The first-order chi connectivity index (χ1) is 13.4. The highest BCUT2D eigenvalue weighted by atomic mass is 32.2. The number of fused-ring (bicyclic) bond motifs is 1. The van der Waals surface area contributed by atoms with Crippen LogP contribution in [0.4, 0.5) is 4.39 Å². The maximum Gasteiger partial charge on any atom is 0.245 e. The van der Waals surface area contributed by atoms with Gasteiger partial charge < -0.3 is 4.90 Å². The zero-order chi connectivity index (χ0) is 19.9. The highest BCUT2D eigenvalue weighted by Gasteiger charge is 2.37. The summed E-state index contributed by atoms with van der Waals surface area (Å²) in [7, 11) is -3.88. The second-order valence-electron chi connectivity index (χ2n) is 7.37. The molecule has 2 aliphatic heterocycles. The largest absolute Gasteiger partial charge is 0.335 e. The fourth-order valence-electron chi connectivity index (χ4n) is 4.18. The number of carbonyl (C=O) groups is 1. The summed E-state index contributed by atoms with van der Waals surface area (Å²) in [5.74, 6) is -0.823. The monoisotopic (exact) mass is 422 g/mol. The van der Waals surface area contributed by atoms with Crippen LogP contribution in [0.3, 0.4) is 0 Å². The van der Waals surface area contributed by atoms with Gasteiger partial charge in [-0.25, -0.2) is 12.8 Å². The van der Waals surface area contributed by atoms with Crippen LogP contribution in [0.1, 0.15) is 36.2 Å². The minimum atomic E-state index is -3.88. The molecule has 1 saturated heterocycles. The van der Waals surface area contributed by atoms with E-state index in [1.165, 1.54) is 32.9 Å². The van der Waals surface area contributed by atoms with E-state index in [1.807, 2.05) is 4.90 Å². The maximum absolute atomic E-state index is 14.0. The molecule has 0 radical (unpaired) electrons. The minimum absolute atomic E-state index is 0.0580. The van der Waals surface area contributed by atoms with Crippen molar-refractivity contribution >= 4 is 27.3 Å². The standard InChI is InChI=1S/C20H23FN2O3S2/c1-14-16-9-13-27-18(16)8-12-23(14)20(24)15-6-10-22(11-7-15)28(25,26)19-5-3-2-4-17(19)21/h2-5,9,13-15H,6-8,10-12H2,1H3. The van der Waals surface area contributed by atoms with E-state index in [9.17, 15) is 17.6 Å². The van der Waals surface area contributed by atoms with Crippen LogP contribution in [-0.4, -0.2) is 43.2 Å². The molecule has 2 aromatic rings. The van der Waals surface area contributed by atoms with Crippen molar-refractivity contribution < 1.29 is 17.6 Å². The van der Waals surface area contributed by atoms with E-state index in [-0.39, 0.29) is 35.9 Å². The van der Waals surface area contributed by atoms with Crippen molar-refractivity contribution in [3.05, 3.63) is 52.0 Å². The summed E-state index contributed by atoms with van der Waals surface area (Å²) in [6, 6.07) is 7.58. The maximum atomic E-state index is 14.0. The summed E-state index contributed by atoms with van der Waals surface area (Å²) in [6.07, 6.45) is 1.81. The van der Waals surface area contributed by atoms with Crippen molar-refractivity contribution in [2.45, 2.75) is 37.1 Å². The van der Waals surface area contributed by atoms with Gasteiger partial charge in [-0.15, -0.1) is 11.3 Å². The number of halogens is 1. The smallest absolute Gasteiger partial charge is 0.245 e. The highest BCUT2D eigenvalue weighted by Crippen LogP contribution is 2.35. The van der Waals surface area contributed by atoms with Gasteiger partial charge in [-0.2, -0.15) is 4.31 Å². The lowest BCUT2D eigenvalue weighted by Gasteiger charge is -2.38. The first-order valence-corrected chi connectivity index (χ1v) is 11.8. The molecule has 28 heavy (non-hydrogen) atoms. The van der Waals surface area contributed by atoms with Gasteiger partial charge in [0.25, 0.3) is 0 Å². The first kappa shape index (κ1) is 19.5. The Hall–Kier alpha value is -1.77. The number of amides is 1. The van der Waals surface area contributed by atoms with Crippen LogP contribution in [0.5, 0.6) is 0 Å². The molecule has 1 atom stereocenters. The highest BCUT2D eigenvalue weighted by molar-refractivity contribution is 7.89. The normalized spacial score (nSPS) is 21.5. The number of nitrogens with zero attached hydrogens (tertiary/aromatic N) is 2. The molecule has 0 aliphatic carbocycles. The number of thiophene rings is 1. The summed E-state index contributed by atoms with van der Waals surface area (Å²) in [6.45, 7) is 3.24. The van der Waals surface area contributed by atoms with Gasteiger partial charge in [0.2, 0.25) is 15.9 Å². The van der Waals surface area contributed by atoms with E-state index >= 15 is 0 Å². The molecular formula is C20H23FN2O3S2. The van der Waals surface area contributed by atoms with Crippen LogP contribution in [0.15, 0.2) is 40.6 Å². The average molecular weight is 423 g/mol. The van der Waals surface area contributed by atoms with E-state index in [1.54, 1.807) is 11.3 Å². The number of hydrogen-bond acceptors (Lipinski definition) is 4. The predicted molar refractivity (Wildman–Crippen MR) is 106 cm³/mol. The van der Waals surface area contributed by atoms with Gasteiger partial charge in [0.05, 0.1) is 6.04 Å². The van der Waals surface area contributed by atoms with Crippen molar-refractivity contribution in [3.8, 4) is 0 Å². The number of piperidine rings is 1. The molecule has 8 heteroatoms. The first-order valence-electron chi connectivity index (χ1n) is 9.51. The Morgan fingerprint density at radius 1 is 1.14 bits per heavy atom. The second kappa shape index (κ2) is 7.57. The molecule has 3 heterocycles. The molecule has 5 nitrogen and oxygen atoms in total. The van der Waals surface area contributed by atoms with Crippen molar-refractivity contribution in [2.24, 2.45) is 5.92 Å².